The van der Waals surface area contributed by atoms with Crippen molar-refractivity contribution in [2.45, 2.75) is 24.1 Å². The summed E-state index contributed by atoms with van der Waals surface area (Å²) in [4.78, 5) is 21.7. The third-order valence-corrected chi connectivity index (χ3v) is 3.13. The minimum absolute atomic E-state index is 0.0395. The van der Waals surface area contributed by atoms with Gasteiger partial charge >= 0.3 is 5.97 Å². The van der Waals surface area contributed by atoms with Crippen LogP contribution in [0, 0.1) is 11.8 Å². The standard InChI is InChI=1S/C9H13Cl2NO3/c1-5(2-7(13)14)4-12-8(15)6-3-9(6,10)11/h5-6H,2-4H2,1H3,(H,12,15)(H,13,14). The Hall–Kier alpha value is -0.480. The van der Waals surface area contributed by atoms with E-state index in [1.807, 2.05) is 0 Å². The predicted molar refractivity (Wildman–Crippen MR) is 57.0 cm³/mol. The molecule has 0 saturated heterocycles. The molecule has 2 N–H and O–H groups in total. The molecule has 0 heterocycles. The lowest BCUT2D eigenvalue weighted by Gasteiger charge is -2.10. The van der Waals surface area contributed by atoms with Gasteiger partial charge in [-0.15, -0.1) is 23.2 Å². The highest BCUT2D eigenvalue weighted by molar-refractivity contribution is 6.52. The Labute approximate surface area is 97.9 Å². The van der Waals surface area contributed by atoms with Crippen LogP contribution in [0.15, 0.2) is 0 Å². The highest BCUT2D eigenvalue weighted by Crippen LogP contribution is 2.53. The van der Waals surface area contributed by atoms with Crippen LogP contribution in [0.2, 0.25) is 0 Å². The molecule has 0 radical (unpaired) electrons. The molecule has 1 rings (SSSR count). The van der Waals surface area contributed by atoms with E-state index in [1.54, 1.807) is 6.92 Å². The van der Waals surface area contributed by atoms with Crippen LogP contribution >= 0.6 is 23.2 Å². The van der Waals surface area contributed by atoms with Crippen molar-refractivity contribution in [1.82, 2.24) is 5.32 Å². The molecule has 1 aliphatic carbocycles. The Morgan fingerprint density at radius 1 is 1.60 bits per heavy atom. The number of amides is 1. The first kappa shape index (κ1) is 12.6. The van der Waals surface area contributed by atoms with Gasteiger partial charge in [-0.05, 0) is 12.3 Å². The normalized spacial score (nSPS) is 24.3. The molecule has 86 valence electrons. The molecule has 0 aliphatic heterocycles. The SMILES string of the molecule is CC(CNC(=O)C1CC1(Cl)Cl)CC(=O)O. The van der Waals surface area contributed by atoms with Crippen molar-refractivity contribution < 1.29 is 14.7 Å². The second-order valence-electron chi connectivity index (χ2n) is 3.97. The maximum atomic E-state index is 11.4. The van der Waals surface area contributed by atoms with Crippen molar-refractivity contribution in [2.75, 3.05) is 6.54 Å². The zero-order chi connectivity index (χ0) is 11.6. The summed E-state index contributed by atoms with van der Waals surface area (Å²) < 4.78 is -0.917. The fourth-order valence-electron chi connectivity index (χ4n) is 1.27. The third kappa shape index (κ3) is 3.87. The largest absolute Gasteiger partial charge is 0.481 e. The number of carboxylic acids is 1. The minimum atomic E-state index is -0.917. The van der Waals surface area contributed by atoms with E-state index in [0.717, 1.165) is 0 Å². The molecule has 0 aromatic rings. The zero-order valence-electron chi connectivity index (χ0n) is 8.30. The summed E-state index contributed by atoms with van der Waals surface area (Å²) in [7, 11) is 0. The van der Waals surface area contributed by atoms with Gasteiger partial charge in [0.1, 0.15) is 4.33 Å². The van der Waals surface area contributed by atoms with E-state index in [1.165, 1.54) is 0 Å². The third-order valence-electron chi connectivity index (χ3n) is 2.29. The molecule has 6 heteroatoms. The van der Waals surface area contributed by atoms with Crippen molar-refractivity contribution in [2.24, 2.45) is 11.8 Å². The lowest BCUT2D eigenvalue weighted by molar-refractivity contribution is -0.138. The quantitative estimate of drug-likeness (QED) is 0.729. The lowest BCUT2D eigenvalue weighted by atomic mass is 10.1. The summed E-state index contributed by atoms with van der Waals surface area (Å²) in [5.74, 6) is -1.51. The smallest absolute Gasteiger partial charge is 0.303 e. The number of hydrogen-bond donors (Lipinski definition) is 2. The number of hydrogen-bond acceptors (Lipinski definition) is 2. The Balaban J connectivity index is 2.20. The Morgan fingerprint density at radius 2 is 2.13 bits per heavy atom. The molecule has 0 aromatic carbocycles. The molecule has 2 atom stereocenters. The van der Waals surface area contributed by atoms with Crippen molar-refractivity contribution in [3.05, 3.63) is 0 Å². The minimum Gasteiger partial charge on any atom is -0.481 e. The van der Waals surface area contributed by atoms with Gasteiger partial charge in [-0.3, -0.25) is 9.59 Å². The van der Waals surface area contributed by atoms with Gasteiger partial charge in [-0.25, -0.2) is 0 Å². The van der Waals surface area contributed by atoms with Gasteiger partial charge < -0.3 is 10.4 Å². The van der Waals surface area contributed by atoms with Crippen LogP contribution in [-0.4, -0.2) is 27.9 Å². The van der Waals surface area contributed by atoms with E-state index < -0.39 is 10.3 Å². The number of aliphatic carboxylic acids is 1. The van der Waals surface area contributed by atoms with E-state index in [4.69, 9.17) is 28.3 Å². The molecule has 1 fully saturated rings. The molecular formula is C9H13Cl2NO3. The average molecular weight is 254 g/mol. The Morgan fingerprint density at radius 3 is 2.53 bits per heavy atom. The zero-order valence-corrected chi connectivity index (χ0v) is 9.81. The molecule has 0 spiro atoms. The Kier molecular flexibility index (Phi) is 3.84. The molecule has 1 saturated carbocycles. The van der Waals surface area contributed by atoms with E-state index in [2.05, 4.69) is 5.32 Å². The highest BCUT2D eigenvalue weighted by atomic mass is 35.5. The molecule has 15 heavy (non-hydrogen) atoms. The maximum Gasteiger partial charge on any atom is 0.303 e. The van der Waals surface area contributed by atoms with Crippen molar-refractivity contribution >= 4 is 35.1 Å². The van der Waals surface area contributed by atoms with Crippen LogP contribution in [0.4, 0.5) is 0 Å². The van der Waals surface area contributed by atoms with E-state index >= 15 is 0 Å². The van der Waals surface area contributed by atoms with Gasteiger partial charge in [-0.2, -0.15) is 0 Å². The lowest BCUT2D eigenvalue weighted by Crippen LogP contribution is -2.31. The van der Waals surface area contributed by atoms with Gasteiger partial charge in [0.2, 0.25) is 5.91 Å². The summed E-state index contributed by atoms with van der Waals surface area (Å²) in [6.07, 6.45) is 0.507. The second kappa shape index (κ2) is 4.58. The van der Waals surface area contributed by atoms with Crippen LogP contribution in [0.3, 0.4) is 0 Å². The summed E-state index contributed by atoms with van der Waals surface area (Å²) >= 11 is 11.4. The van der Waals surface area contributed by atoms with E-state index in [9.17, 15) is 9.59 Å². The molecule has 1 amide bonds. The number of carbonyl (C=O) groups excluding carboxylic acids is 1. The topological polar surface area (TPSA) is 66.4 Å². The number of nitrogens with one attached hydrogen (secondary N) is 1. The fraction of sp³-hybridized carbons (Fsp3) is 0.778. The fourth-order valence-corrected chi connectivity index (χ4v) is 1.77. The second-order valence-corrected chi connectivity index (χ2v) is 5.51. The molecule has 0 aromatic heterocycles. The van der Waals surface area contributed by atoms with Crippen LogP contribution < -0.4 is 5.32 Å². The van der Waals surface area contributed by atoms with Crippen LogP contribution in [0.1, 0.15) is 19.8 Å². The molecule has 4 nitrogen and oxygen atoms in total. The first-order valence-corrected chi connectivity index (χ1v) is 5.46. The number of carbonyl (C=O) groups is 2. The summed E-state index contributed by atoms with van der Waals surface area (Å²) in [5.41, 5.74) is 0. The van der Waals surface area contributed by atoms with Gasteiger partial charge in [0.05, 0.1) is 5.92 Å². The first-order valence-electron chi connectivity index (χ1n) is 4.70. The average Bonchev–Trinajstić information content (AvgIpc) is 2.70. The Bertz CT molecular complexity index is 281. The summed E-state index contributed by atoms with van der Waals surface area (Å²) in [6.45, 7) is 2.10. The van der Waals surface area contributed by atoms with Crippen molar-refractivity contribution in [3.63, 3.8) is 0 Å². The van der Waals surface area contributed by atoms with Gasteiger partial charge in [0, 0.05) is 13.0 Å². The van der Waals surface area contributed by atoms with Crippen LogP contribution in [0.5, 0.6) is 0 Å². The van der Waals surface area contributed by atoms with Gasteiger partial charge in [-0.1, -0.05) is 6.92 Å². The molecule has 1 aliphatic rings. The molecular weight excluding hydrogens is 241 g/mol. The monoisotopic (exact) mass is 253 g/mol. The van der Waals surface area contributed by atoms with Crippen LogP contribution in [0.25, 0.3) is 0 Å². The predicted octanol–water partition coefficient (Wildman–Crippen LogP) is 1.41. The number of halogens is 2. The van der Waals surface area contributed by atoms with Crippen molar-refractivity contribution in [1.29, 1.82) is 0 Å². The number of alkyl halides is 2. The van der Waals surface area contributed by atoms with E-state index in [-0.39, 0.29) is 24.2 Å². The number of carboxylic acid groups (broad SMARTS) is 1. The maximum absolute atomic E-state index is 11.4. The summed E-state index contributed by atoms with van der Waals surface area (Å²) in [5, 5.41) is 11.1. The van der Waals surface area contributed by atoms with Gasteiger partial charge in [0.25, 0.3) is 0 Å². The number of rotatable bonds is 5. The van der Waals surface area contributed by atoms with Crippen LogP contribution in [-0.2, 0) is 9.59 Å². The molecule has 2 unspecified atom stereocenters. The summed E-state index contributed by atoms with van der Waals surface area (Å²) in [6, 6.07) is 0. The van der Waals surface area contributed by atoms with Crippen molar-refractivity contribution in [3.8, 4) is 0 Å². The molecule has 0 bridgehead atoms. The van der Waals surface area contributed by atoms with Gasteiger partial charge in [0.15, 0.2) is 0 Å². The first-order chi connectivity index (χ1) is 6.83. The van der Waals surface area contributed by atoms with E-state index in [0.29, 0.717) is 13.0 Å². The highest BCUT2D eigenvalue weighted by Gasteiger charge is 2.56.